The highest BCUT2D eigenvalue weighted by Gasteiger charge is 2.50. The van der Waals surface area contributed by atoms with Gasteiger partial charge in [0.2, 0.25) is 0 Å². The number of aliphatic hydroxyl groups is 1. The minimum absolute atomic E-state index is 0.378. The predicted octanol–water partition coefficient (Wildman–Crippen LogP) is 1.24. The molecular formula is C14H23F3N4O. The van der Waals surface area contributed by atoms with Gasteiger partial charge in [0.05, 0.1) is 6.20 Å². The Bertz CT molecular complexity index is 487. The summed E-state index contributed by atoms with van der Waals surface area (Å²) in [5.74, 6) is 0. The van der Waals surface area contributed by atoms with Crippen LogP contribution in [0.2, 0.25) is 0 Å². The molecule has 0 spiro atoms. The quantitative estimate of drug-likeness (QED) is 0.907. The number of hydrogen-bond donors (Lipinski definition) is 1. The first-order chi connectivity index (χ1) is 10.2. The molecular weight excluding hydrogens is 297 g/mol. The monoisotopic (exact) mass is 320 g/mol. The first-order valence-corrected chi connectivity index (χ1v) is 7.39. The molecule has 0 bridgehead atoms. The summed E-state index contributed by atoms with van der Waals surface area (Å²) in [5, 5.41) is 13.7. The Morgan fingerprint density at radius 2 is 1.82 bits per heavy atom. The van der Waals surface area contributed by atoms with Crippen LogP contribution in [-0.2, 0) is 13.6 Å². The van der Waals surface area contributed by atoms with Crippen LogP contribution in [0.25, 0.3) is 0 Å². The molecule has 1 N–H and O–H groups in total. The van der Waals surface area contributed by atoms with E-state index in [4.69, 9.17) is 0 Å². The Hall–Kier alpha value is -1.12. The normalized spacial score (nSPS) is 21.5. The van der Waals surface area contributed by atoms with Crippen molar-refractivity contribution in [2.24, 2.45) is 7.05 Å². The van der Waals surface area contributed by atoms with Gasteiger partial charge < -0.3 is 5.11 Å². The van der Waals surface area contributed by atoms with Crippen LogP contribution >= 0.6 is 0 Å². The van der Waals surface area contributed by atoms with Crippen molar-refractivity contribution in [3.05, 3.63) is 18.0 Å². The van der Waals surface area contributed by atoms with Crippen LogP contribution in [0.5, 0.6) is 0 Å². The fraction of sp³-hybridized carbons (Fsp3) is 0.786. The maximum absolute atomic E-state index is 12.8. The van der Waals surface area contributed by atoms with E-state index in [0.29, 0.717) is 19.6 Å². The molecule has 0 aromatic carbocycles. The minimum Gasteiger partial charge on any atom is -0.380 e. The number of aromatic nitrogens is 2. The molecule has 1 aromatic heterocycles. The van der Waals surface area contributed by atoms with Crippen molar-refractivity contribution in [1.82, 2.24) is 19.6 Å². The molecule has 1 aromatic rings. The molecule has 0 saturated carbocycles. The molecule has 0 radical (unpaired) electrons. The molecule has 1 atom stereocenters. The molecule has 1 aliphatic rings. The number of hydrogen-bond acceptors (Lipinski definition) is 4. The molecule has 1 fully saturated rings. The number of nitrogens with zero attached hydrogens (tertiary/aromatic N) is 4. The summed E-state index contributed by atoms with van der Waals surface area (Å²) < 4.78 is 40.0. The van der Waals surface area contributed by atoms with Crippen LogP contribution in [0, 0.1) is 0 Å². The van der Waals surface area contributed by atoms with Gasteiger partial charge in [-0.05, 0) is 26.4 Å². The maximum Gasteiger partial charge on any atom is 0.418 e. The zero-order chi connectivity index (χ0) is 16.4. The molecule has 0 aliphatic carbocycles. The van der Waals surface area contributed by atoms with Crippen molar-refractivity contribution in [2.45, 2.75) is 31.7 Å². The molecule has 2 heterocycles. The summed E-state index contributed by atoms with van der Waals surface area (Å²) >= 11 is 0. The fourth-order valence-corrected chi connectivity index (χ4v) is 2.68. The molecule has 5 nitrogen and oxygen atoms in total. The Morgan fingerprint density at radius 3 is 2.41 bits per heavy atom. The smallest absolute Gasteiger partial charge is 0.380 e. The standard InChI is InChI=1S/C14H23F3N4O/c1-13(22,14(15,16)17)11-21-5-3-4-20(6-7-21)10-12-8-18-19(2)9-12/h8-9,22H,3-7,10-11H2,1-2H3/t13-/m1/s1. The maximum atomic E-state index is 12.8. The summed E-state index contributed by atoms with van der Waals surface area (Å²) in [6.07, 6.45) is -0.0723. The lowest BCUT2D eigenvalue weighted by Crippen LogP contribution is -2.51. The molecule has 1 saturated heterocycles. The van der Waals surface area contributed by atoms with E-state index in [1.807, 2.05) is 13.2 Å². The molecule has 0 amide bonds. The van der Waals surface area contributed by atoms with E-state index in [9.17, 15) is 18.3 Å². The van der Waals surface area contributed by atoms with Gasteiger partial charge in [0, 0.05) is 45.0 Å². The van der Waals surface area contributed by atoms with E-state index in [1.54, 1.807) is 15.8 Å². The number of alkyl halides is 3. The summed E-state index contributed by atoms with van der Waals surface area (Å²) in [6, 6.07) is 0. The van der Waals surface area contributed by atoms with Crippen molar-refractivity contribution >= 4 is 0 Å². The van der Waals surface area contributed by atoms with Crippen molar-refractivity contribution in [1.29, 1.82) is 0 Å². The molecule has 1 aliphatic heterocycles. The van der Waals surface area contributed by atoms with Gasteiger partial charge >= 0.3 is 6.18 Å². The van der Waals surface area contributed by atoms with Crippen molar-refractivity contribution in [3.8, 4) is 0 Å². The van der Waals surface area contributed by atoms with Gasteiger partial charge in [-0.25, -0.2) is 0 Å². The van der Waals surface area contributed by atoms with E-state index in [2.05, 4.69) is 10.00 Å². The van der Waals surface area contributed by atoms with E-state index in [0.717, 1.165) is 32.0 Å². The SMILES string of the molecule is Cn1cc(CN2CCCN(C[C@@](C)(O)C(F)(F)F)CC2)cn1. The highest BCUT2D eigenvalue weighted by atomic mass is 19.4. The van der Waals surface area contributed by atoms with Gasteiger partial charge in [0.25, 0.3) is 0 Å². The van der Waals surface area contributed by atoms with Crippen molar-refractivity contribution in [2.75, 3.05) is 32.7 Å². The first kappa shape index (κ1) is 17.2. The van der Waals surface area contributed by atoms with Crippen LogP contribution < -0.4 is 0 Å². The second-order valence-corrected chi connectivity index (χ2v) is 6.20. The Labute approximate surface area is 128 Å². The lowest BCUT2D eigenvalue weighted by molar-refractivity contribution is -0.257. The molecule has 126 valence electrons. The molecule has 22 heavy (non-hydrogen) atoms. The topological polar surface area (TPSA) is 44.5 Å². The number of rotatable bonds is 4. The third kappa shape index (κ3) is 4.44. The van der Waals surface area contributed by atoms with Crippen LogP contribution in [-0.4, -0.2) is 69.2 Å². The summed E-state index contributed by atoms with van der Waals surface area (Å²) in [7, 11) is 1.85. The van der Waals surface area contributed by atoms with Crippen molar-refractivity contribution < 1.29 is 18.3 Å². The largest absolute Gasteiger partial charge is 0.418 e. The van der Waals surface area contributed by atoms with Gasteiger partial charge in [0.1, 0.15) is 0 Å². The molecule has 2 rings (SSSR count). The first-order valence-electron chi connectivity index (χ1n) is 7.39. The second kappa shape index (κ2) is 6.55. The van der Waals surface area contributed by atoms with Crippen LogP contribution in [0.3, 0.4) is 0 Å². The van der Waals surface area contributed by atoms with Crippen LogP contribution in [0.1, 0.15) is 18.9 Å². The van der Waals surface area contributed by atoms with E-state index in [1.165, 1.54) is 0 Å². The fourth-order valence-electron chi connectivity index (χ4n) is 2.68. The van der Waals surface area contributed by atoms with Gasteiger partial charge in [-0.3, -0.25) is 14.5 Å². The van der Waals surface area contributed by atoms with Crippen LogP contribution in [0.15, 0.2) is 12.4 Å². The van der Waals surface area contributed by atoms with Gasteiger partial charge in [-0.1, -0.05) is 0 Å². The third-order valence-corrected chi connectivity index (χ3v) is 3.99. The van der Waals surface area contributed by atoms with E-state index < -0.39 is 11.8 Å². The Morgan fingerprint density at radius 1 is 1.18 bits per heavy atom. The number of β-amino-alcohol motifs (C(OH)–C–C–N with tert-alkyl or cyclic N) is 1. The minimum atomic E-state index is -4.60. The summed E-state index contributed by atoms with van der Waals surface area (Å²) in [4.78, 5) is 3.90. The third-order valence-electron chi connectivity index (χ3n) is 3.99. The highest BCUT2D eigenvalue weighted by Crippen LogP contribution is 2.30. The Balaban J connectivity index is 1.87. The molecule has 0 unspecified atom stereocenters. The zero-order valence-corrected chi connectivity index (χ0v) is 13.0. The average molecular weight is 320 g/mol. The second-order valence-electron chi connectivity index (χ2n) is 6.20. The summed E-state index contributed by atoms with van der Waals surface area (Å²) in [6.45, 7) is 3.81. The van der Waals surface area contributed by atoms with Gasteiger partial charge in [-0.15, -0.1) is 0 Å². The summed E-state index contributed by atoms with van der Waals surface area (Å²) in [5.41, 5.74) is -1.57. The van der Waals surface area contributed by atoms with E-state index >= 15 is 0 Å². The van der Waals surface area contributed by atoms with E-state index in [-0.39, 0.29) is 6.54 Å². The number of halogens is 3. The lowest BCUT2D eigenvalue weighted by Gasteiger charge is -2.32. The Kier molecular flexibility index (Phi) is 5.14. The predicted molar refractivity (Wildman–Crippen MR) is 76.2 cm³/mol. The zero-order valence-electron chi connectivity index (χ0n) is 13.0. The van der Waals surface area contributed by atoms with Crippen LogP contribution in [0.4, 0.5) is 13.2 Å². The average Bonchev–Trinajstić information content (AvgIpc) is 2.66. The van der Waals surface area contributed by atoms with Gasteiger partial charge in [0.15, 0.2) is 5.60 Å². The molecule has 8 heteroatoms. The van der Waals surface area contributed by atoms with Crippen molar-refractivity contribution in [3.63, 3.8) is 0 Å². The highest BCUT2D eigenvalue weighted by molar-refractivity contribution is 5.03. The van der Waals surface area contributed by atoms with Gasteiger partial charge in [-0.2, -0.15) is 18.3 Å². The lowest BCUT2D eigenvalue weighted by atomic mass is 10.1. The number of aryl methyl sites for hydroxylation is 1.